The van der Waals surface area contributed by atoms with Crippen molar-refractivity contribution in [3.8, 4) is 0 Å². The molecule has 1 aromatic heterocycles. The van der Waals surface area contributed by atoms with Gasteiger partial charge in [-0.3, -0.25) is 9.59 Å². The van der Waals surface area contributed by atoms with Crippen LogP contribution in [0.15, 0.2) is 17.1 Å². The summed E-state index contributed by atoms with van der Waals surface area (Å²) < 4.78 is 11.9. The quantitative estimate of drug-likeness (QED) is 0.273. The fraction of sp³-hybridized carbons (Fsp3) is 0.636. The fourth-order valence-electron chi connectivity index (χ4n) is 4.80. The summed E-state index contributed by atoms with van der Waals surface area (Å²) in [4.78, 5) is 34.9. The number of unbranched alkanes of at least 4 members (excludes halogenated alkanes) is 3. The topological polar surface area (TPSA) is 78.4 Å². The van der Waals surface area contributed by atoms with Gasteiger partial charge < -0.3 is 9.47 Å². The molecule has 0 unspecified atom stereocenters. The van der Waals surface area contributed by atoms with Crippen LogP contribution < -0.4 is 0 Å². The summed E-state index contributed by atoms with van der Waals surface area (Å²) in [5, 5.41) is 0.604. The third-order valence-electron chi connectivity index (χ3n) is 6.20. The number of esters is 1. The van der Waals surface area contributed by atoms with Gasteiger partial charge in [0, 0.05) is 12.6 Å². The number of aromatic nitrogens is 2. The van der Waals surface area contributed by atoms with Crippen molar-refractivity contribution in [1.29, 1.82) is 0 Å². The second-order valence-electron chi connectivity index (χ2n) is 8.12. The predicted octanol–water partition coefficient (Wildman–Crippen LogP) is 4.11. The maximum absolute atomic E-state index is 13.4. The summed E-state index contributed by atoms with van der Waals surface area (Å²) in [7, 11) is 0. The zero-order valence-electron chi connectivity index (χ0n) is 17.3. The van der Waals surface area contributed by atoms with Gasteiger partial charge in [-0.1, -0.05) is 37.9 Å². The van der Waals surface area contributed by atoms with Crippen LogP contribution in [0.2, 0.25) is 0 Å². The van der Waals surface area contributed by atoms with Crippen LogP contribution in [0.1, 0.15) is 63.1 Å². The van der Waals surface area contributed by atoms with E-state index in [4.69, 9.17) is 9.47 Å². The van der Waals surface area contributed by atoms with Crippen LogP contribution in [-0.2, 0) is 19.1 Å². The number of rotatable bonds is 8. The number of ether oxygens (including phenoxy) is 2. The SMILES string of the molecule is CCCCCCC(=O)OC1=C(c2nc(SC)ncc2C)C(=O)[C@H]2[C@@H]1[C@H]1CC[C@@H]2O1. The fourth-order valence-corrected chi connectivity index (χ4v) is 5.14. The number of Topliss-reactive ketones (excluding diaryl/α,β-unsaturated/α-hetero) is 1. The van der Waals surface area contributed by atoms with E-state index < -0.39 is 0 Å². The van der Waals surface area contributed by atoms with Crippen LogP contribution in [0.3, 0.4) is 0 Å². The first-order valence-corrected chi connectivity index (χ1v) is 11.8. The molecular weight excluding hydrogens is 388 g/mol. The number of thioether (sulfide) groups is 1. The van der Waals surface area contributed by atoms with Crippen molar-refractivity contribution in [3.63, 3.8) is 0 Å². The Kier molecular flexibility index (Phi) is 6.06. The normalized spacial score (nSPS) is 27.6. The number of ketones is 1. The van der Waals surface area contributed by atoms with Crippen LogP contribution in [0.5, 0.6) is 0 Å². The van der Waals surface area contributed by atoms with E-state index in [1.54, 1.807) is 6.20 Å². The van der Waals surface area contributed by atoms with Gasteiger partial charge >= 0.3 is 5.97 Å². The first-order valence-electron chi connectivity index (χ1n) is 10.6. The molecule has 2 fully saturated rings. The number of fused-ring (bicyclic) bond motifs is 5. The van der Waals surface area contributed by atoms with Gasteiger partial charge in [-0.15, -0.1) is 0 Å². The molecule has 2 bridgehead atoms. The molecule has 0 spiro atoms. The smallest absolute Gasteiger partial charge is 0.310 e. The molecule has 6 nitrogen and oxygen atoms in total. The van der Waals surface area contributed by atoms with Gasteiger partial charge in [0.2, 0.25) is 0 Å². The van der Waals surface area contributed by atoms with Crippen molar-refractivity contribution in [1.82, 2.24) is 9.97 Å². The number of carbonyl (C=O) groups is 2. The average molecular weight is 417 g/mol. The number of aryl methyl sites for hydroxylation is 1. The molecule has 1 aromatic rings. The van der Waals surface area contributed by atoms with E-state index in [1.165, 1.54) is 11.8 Å². The summed E-state index contributed by atoms with van der Waals surface area (Å²) in [5.74, 6) is -0.185. The molecule has 3 aliphatic rings. The molecular formula is C22H28N2O4S. The number of carbonyl (C=O) groups excluding carboxylic acids is 2. The Bertz CT molecular complexity index is 853. The summed E-state index contributed by atoms with van der Waals surface area (Å²) in [6, 6.07) is 0. The van der Waals surface area contributed by atoms with E-state index in [0.717, 1.165) is 44.1 Å². The summed E-state index contributed by atoms with van der Waals surface area (Å²) in [6.45, 7) is 4.03. The Labute approximate surface area is 175 Å². The average Bonchev–Trinajstić information content (AvgIpc) is 3.40. The van der Waals surface area contributed by atoms with Crippen LogP contribution in [0, 0.1) is 18.8 Å². The van der Waals surface area contributed by atoms with E-state index in [9.17, 15) is 9.59 Å². The molecule has 3 heterocycles. The Balaban J connectivity index is 1.67. The zero-order chi connectivity index (χ0) is 20.5. The third-order valence-corrected chi connectivity index (χ3v) is 6.76. The zero-order valence-corrected chi connectivity index (χ0v) is 18.1. The summed E-state index contributed by atoms with van der Waals surface area (Å²) in [5.41, 5.74) is 1.88. The Morgan fingerprint density at radius 3 is 2.72 bits per heavy atom. The highest BCUT2D eigenvalue weighted by Crippen LogP contribution is 2.54. The van der Waals surface area contributed by atoms with Crippen molar-refractivity contribution in [2.75, 3.05) is 6.26 Å². The molecule has 2 aliphatic heterocycles. The first-order chi connectivity index (χ1) is 14.0. The number of allylic oxidation sites excluding steroid dienone is 1. The lowest BCUT2D eigenvalue weighted by molar-refractivity contribution is -0.140. The van der Waals surface area contributed by atoms with Crippen LogP contribution in [0.4, 0.5) is 0 Å². The van der Waals surface area contributed by atoms with Crippen molar-refractivity contribution < 1.29 is 19.1 Å². The Morgan fingerprint density at radius 2 is 2.00 bits per heavy atom. The van der Waals surface area contributed by atoms with E-state index in [-0.39, 0.29) is 35.8 Å². The lowest BCUT2D eigenvalue weighted by Crippen LogP contribution is -2.29. The maximum Gasteiger partial charge on any atom is 0.310 e. The highest BCUT2D eigenvalue weighted by atomic mass is 32.2. The second-order valence-corrected chi connectivity index (χ2v) is 8.89. The lowest BCUT2D eigenvalue weighted by Gasteiger charge is -2.21. The van der Waals surface area contributed by atoms with Gasteiger partial charge in [0.1, 0.15) is 5.76 Å². The van der Waals surface area contributed by atoms with E-state index in [0.29, 0.717) is 28.6 Å². The third kappa shape index (κ3) is 3.75. The molecule has 29 heavy (non-hydrogen) atoms. The minimum atomic E-state index is -0.262. The highest BCUT2D eigenvalue weighted by Gasteiger charge is 2.60. The molecule has 4 rings (SSSR count). The molecule has 0 saturated carbocycles. The Hall–Kier alpha value is -1.73. The molecule has 1 aliphatic carbocycles. The first kappa shape index (κ1) is 20.5. The molecule has 156 valence electrons. The number of hydrogen-bond acceptors (Lipinski definition) is 7. The summed E-state index contributed by atoms with van der Waals surface area (Å²) >= 11 is 1.43. The van der Waals surface area contributed by atoms with E-state index >= 15 is 0 Å². The highest BCUT2D eigenvalue weighted by molar-refractivity contribution is 7.98. The molecule has 0 aromatic carbocycles. The van der Waals surface area contributed by atoms with E-state index in [1.807, 2.05) is 13.2 Å². The minimum Gasteiger partial charge on any atom is -0.430 e. The molecule has 7 heteroatoms. The number of nitrogens with zero attached hydrogens (tertiary/aromatic N) is 2. The molecule has 2 saturated heterocycles. The monoisotopic (exact) mass is 416 g/mol. The van der Waals surface area contributed by atoms with Gasteiger partial charge in [-0.2, -0.15) is 0 Å². The van der Waals surface area contributed by atoms with Gasteiger partial charge in [0.05, 0.1) is 35.3 Å². The number of hydrogen-bond donors (Lipinski definition) is 0. The second kappa shape index (κ2) is 8.56. The van der Waals surface area contributed by atoms with Crippen LogP contribution in [-0.4, -0.2) is 40.2 Å². The standard InChI is InChI=1S/C22H28N2O4S/c1-4-5-6-7-8-15(25)28-21-17-14-10-9-13(27-14)16(17)20(26)18(21)19-12(2)11-23-22(24-19)29-3/h11,13-14,16-17H,4-10H2,1-3H3/t13-,14+,16+,17-/m0/s1. The summed E-state index contributed by atoms with van der Waals surface area (Å²) in [6.07, 6.45) is 9.74. The van der Waals surface area contributed by atoms with Crippen LogP contribution in [0.25, 0.3) is 5.57 Å². The molecule has 0 N–H and O–H groups in total. The minimum absolute atomic E-state index is 0.00448. The van der Waals surface area contributed by atoms with Gasteiger partial charge in [-0.25, -0.2) is 9.97 Å². The van der Waals surface area contributed by atoms with Gasteiger partial charge in [-0.05, 0) is 38.0 Å². The lowest BCUT2D eigenvalue weighted by atomic mass is 9.80. The van der Waals surface area contributed by atoms with E-state index in [2.05, 4.69) is 16.9 Å². The Morgan fingerprint density at radius 1 is 1.24 bits per heavy atom. The van der Waals surface area contributed by atoms with Crippen molar-refractivity contribution in [2.24, 2.45) is 11.8 Å². The van der Waals surface area contributed by atoms with Gasteiger partial charge in [0.25, 0.3) is 0 Å². The molecule has 4 atom stereocenters. The van der Waals surface area contributed by atoms with Crippen molar-refractivity contribution >= 4 is 29.1 Å². The predicted molar refractivity (Wildman–Crippen MR) is 110 cm³/mol. The molecule has 0 amide bonds. The van der Waals surface area contributed by atoms with Crippen LogP contribution >= 0.6 is 11.8 Å². The molecule has 0 radical (unpaired) electrons. The van der Waals surface area contributed by atoms with Gasteiger partial charge in [0.15, 0.2) is 10.9 Å². The van der Waals surface area contributed by atoms with Crippen molar-refractivity contribution in [2.45, 2.75) is 76.2 Å². The maximum atomic E-state index is 13.4. The largest absolute Gasteiger partial charge is 0.430 e. The van der Waals surface area contributed by atoms with Crippen molar-refractivity contribution in [3.05, 3.63) is 23.2 Å².